The average molecular weight is 355 g/mol. The van der Waals surface area contributed by atoms with Gasteiger partial charge in [-0.3, -0.25) is 9.48 Å². The second-order valence-electron chi connectivity index (χ2n) is 6.46. The summed E-state index contributed by atoms with van der Waals surface area (Å²) in [6.07, 6.45) is 0. The molecule has 1 aromatic carbocycles. The van der Waals surface area contributed by atoms with Crippen molar-refractivity contribution in [2.24, 2.45) is 5.10 Å². The van der Waals surface area contributed by atoms with Gasteiger partial charge in [0.25, 0.3) is 5.91 Å². The predicted octanol–water partition coefficient (Wildman–Crippen LogP) is 1.88. The number of morpholine rings is 1. The zero-order valence-corrected chi connectivity index (χ0v) is 15.5. The number of hydrogen-bond acceptors (Lipinski definition) is 5. The van der Waals surface area contributed by atoms with E-state index < -0.39 is 0 Å². The van der Waals surface area contributed by atoms with Gasteiger partial charge in [-0.15, -0.1) is 0 Å². The van der Waals surface area contributed by atoms with Crippen molar-refractivity contribution in [3.05, 3.63) is 47.3 Å². The van der Waals surface area contributed by atoms with Gasteiger partial charge in [0, 0.05) is 24.5 Å². The third-order valence-corrected chi connectivity index (χ3v) is 4.41. The quantitative estimate of drug-likeness (QED) is 0.657. The number of amides is 1. The van der Waals surface area contributed by atoms with Crippen molar-refractivity contribution in [1.82, 2.24) is 15.2 Å². The highest BCUT2D eigenvalue weighted by Gasteiger charge is 2.11. The lowest BCUT2D eigenvalue weighted by molar-refractivity contribution is -0.121. The molecule has 0 bridgehead atoms. The molecule has 0 unspecified atom stereocenters. The first-order valence-corrected chi connectivity index (χ1v) is 8.80. The molecule has 1 aliphatic rings. The summed E-state index contributed by atoms with van der Waals surface area (Å²) in [7, 11) is 0. The fourth-order valence-electron chi connectivity index (χ4n) is 2.95. The third kappa shape index (κ3) is 4.49. The molecule has 1 saturated heterocycles. The van der Waals surface area contributed by atoms with Crippen LogP contribution in [0.15, 0.2) is 35.4 Å². The van der Waals surface area contributed by atoms with E-state index in [4.69, 9.17) is 4.74 Å². The number of nitrogens with zero attached hydrogens (tertiary/aromatic N) is 4. The van der Waals surface area contributed by atoms with Crippen LogP contribution in [0.3, 0.4) is 0 Å². The number of ether oxygens (including phenoxy) is 1. The largest absolute Gasteiger partial charge is 0.378 e. The van der Waals surface area contributed by atoms with Crippen LogP contribution in [0.25, 0.3) is 0 Å². The Morgan fingerprint density at radius 2 is 1.92 bits per heavy atom. The molecular formula is C19H25N5O2. The van der Waals surface area contributed by atoms with E-state index in [1.165, 1.54) is 5.69 Å². The maximum atomic E-state index is 12.1. The van der Waals surface area contributed by atoms with E-state index in [9.17, 15) is 4.79 Å². The van der Waals surface area contributed by atoms with Gasteiger partial charge in [0.05, 0.1) is 24.6 Å². The number of hydrazone groups is 1. The van der Waals surface area contributed by atoms with Gasteiger partial charge in [-0.2, -0.15) is 10.2 Å². The van der Waals surface area contributed by atoms with Gasteiger partial charge in [0.2, 0.25) is 0 Å². The molecule has 0 spiro atoms. The zero-order chi connectivity index (χ0) is 18.5. The van der Waals surface area contributed by atoms with Crippen LogP contribution in [-0.2, 0) is 16.1 Å². The Bertz CT molecular complexity index is 789. The molecule has 0 atom stereocenters. The molecule has 2 heterocycles. The van der Waals surface area contributed by atoms with E-state index in [0.29, 0.717) is 0 Å². The average Bonchev–Trinajstić information content (AvgIpc) is 2.97. The van der Waals surface area contributed by atoms with Crippen LogP contribution in [0.2, 0.25) is 0 Å². The number of rotatable bonds is 5. The lowest BCUT2D eigenvalue weighted by Gasteiger charge is -2.28. The molecule has 1 aromatic heterocycles. The summed E-state index contributed by atoms with van der Waals surface area (Å²) in [5, 5.41) is 8.49. The van der Waals surface area contributed by atoms with Crippen molar-refractivity contribution in [2.75, 3.05) is 31.2 Å². The monoisotopic (exact) mass is 355 g/mol. The lowest BCUT2D eigenvalue weighted by atomic mass is 10.1. The summed E-state index contributed by atoms with van der Waals surface area (Å²) in [5.74, 6) is -0.194. The number of nitrogens with one attached hydrogen (secondary N) is 1. The normalized spacial score (nSPS) is 15.2. The molecule has 26 heavy (non-hydrogen) atoms. The molecule has 1 fully saturated rings. The van der Waals surface area contributed by atoms with Crippen molar-refractivity contribution in [2.45, 2.75) is 27.3 Å². The lowest BCUT2D eigenvalue weighted by Crippen LogP contribution is -2.36. The molecule has 138 valence electrons. The van der Waals surface area contributed by atoms with Gasteiger partial charge in [0.15, 0.2) is 0 Å². The number of anilines is 1. The third-order valence-electron chi connectivity index (χ3n) is 4.41. The molecule has 3 rings (SSSR count). The van der Waals surface area contributed by atoms with Gasteiger partial charge in [-0.25, -0.2) is 5.43 Å². The van der Waals surface area contributed by atoms with Crippen LogP contribution >= 0.6 is 0 Å². The Labute approximate surface area is 153 Å². The number of hydrogen-bond donors (Lipinski definition) is 1. The molecule has 7 nitrogen and oxygen atoms in total. The first-order valence-electron chi connectivity index (χ1n) is 8.80. The highest BCUT2D eigenvalue weighted by atomic mass is 16.5. The van der Waals surface area contributed by atoms with Crippen molar-refractivity contribution in [1.29, 1.82) is 0 Å². The van der Waals surface area contributed by atoms with E-state index in [-0.39, 0.29) is 12.5 Å². The van der Waals surface area contributed by atoms with Crippen molar-refractivity contribution < 1.29 is 9.53 Å². The van der Waals surface area contributed by atoms with Crippen molar-refractivity contribution >= 4 is 17.3 Å². The van der Waals surface area contributed by atoms with Crippen LogP contribution in [0.1, 0.15) is 23.9 Å². The molecule has 1 N–H and O–H groups in total. The fourth-order valence-corrected chi connectivity index (χ4v) is 2.95. The van der Waals surface area contributed by atoms with Crippen LogP contribution in [0.5, 0.6) is 0 Å². The molecule has 2 aromatic rings. The van der Waals surface area contributed by atoms with E-state index in [1.54, 1.807) is 4.68 Å². The Morgan fingerprint density at radius 3 is 2.54 bits per heavy atom. The highest BCUT2D eigenvalue weighted by Crippen LogP contribution is 2.17. The number of carbonyl (C=O) groups is 1. The van der Waals surface area contributed by atoms with Crippen molar-refractivity contribution in [3.8, 4) is 0 Å². The number of aromatic nitrogens is 2. The fraction of sp³-hybridized carbons (Fsp3) is 0.421. The smallest absolute Gasteiger partial charge is 0.261 e. The minimum Gasteiger partial charge on any atom is -0.378 e. The Kier molecular flexibility index (Phi) is 5.68. The number of carbonyl (C=O) groups excluding carboxylic acids is 1. The summed E-state index contributed by atoms with van der Waals surface area (Å²) in [4.78, 5) is 14.4. The molecular weight excluding hydrogens is 330 g/mol. The molecule has 7 heteroatoms. The summed E-state index contributed by atoms with van der Waals surface area (Å²) in [6.45, 7) is 9.23. The maximum absolute atomic E-state index is 12.1. The molecule has 0 radical (unpaired) electrons. The Morgan fingerprint density at radius 1 is 1.23 bits per heavy atom. The molecule has 0 aliphatic carbocycles. The maximum Gasteiger partial charge on any atom is 0.261 e. The van der Waals surface area contributed by atoms with E-state index in [1.807, 2.05) is 39.0 Å². The molecule has 1 aliphatic heterocycles. The van der Waals surface area contributed by atoms with Gasteiger partial charge in [0.1, 0.15) is 6.54 Å². The number of aryl methyl sites for hydroxylation is 2. The van der Waals surface area contributed by atoms with Gasteiger partial charge < -0.3 is 9.64 Å². The topological polar surface area (TPSA) is 71.8 Å². The van der Waals surface area contributed by atoms with Gasteiger partial charge in [-0.05, 0) is 44.5 Å². The standard InChI is InChI=1S/C19H25N5O2/c1-14-12-15(2)24(22-14)13-19(25)21-20-16(3)17-4-6-18(7-5-17)23-8-10-26-11-9-23/h4-7,12H,8-11,13H2,1-3H3,(H,21,25)/b20-16-. The SMILES string of the molecule is C/C(=N/NC(=O)Cn1nc(C)cc1C)c1ccc(N2CCOCC2)cc1. The summed E-state index contributed by atoms with van der Waals surface area (Å²) < 4.78 is 7.05. The minimum atomic E-state index is -0.194. The Hall–Kier alpha value is -2.67. The van der Waals surface area contributed by atoms with Crippen LogP contribution in [0.4, 0.5) is 5.69 Å². The summed E-state index contributed by atoms with van der Waals surface area (Å²) >= 11 is 0. The van der Waals surface area contributed by atoms with Crippen LogP contribution in [0, 0.1) is 13.8 Å². The number of benzene rings is 1. The van der Waals surface area contributed by atoms with Crippen LogP contribution < -0.4 is 10.3 Å². The second kappa shape index (κ2) is 8.14. The molecule has 0 saturated carbocycles. The van der Waals surface area contributed by atoms with Crippen LogP contribution in [-0.4, -0.2) is 47.7 Å². The zero-order valence-electron chi connectivity index (χ0n) is 15.5. The first-order chi connectivity index (χ1) is 12.5. The Balaban J connectivity index is 1.58. The van der Waals surface area contributed by atoms with Gasteiger partial charge in [-0.1, -0.05) is 12.1 Å². The minimum absolute atomic E-state index is 0.159. The van der Waals surface area contributed by atoms with Crippen molar-refractivity contribution in [3.63, 3.8) is 0 Å². The second-order valence-corrected chi connectivity index (χ2v) is 6.46. The van der Waals surface area contributed by atoms with Gasteiger partial charge >= 0.3 is 0 Å². The molecule has 1 amide bonds. The van der Waals surface area contributed by atoms with E-state index >= 15 is 0 Å². The predicted molar refractivity (Wildman–Crippen MR) is 102 cm³/mol. The summed E-state index contributed by atoms with van der Waals surface area (Å²) in [6, 6.07) is 10.2. The van der Waals surface area contributed by atoms with E-state index in [2.05, 4.69) is 32.7 Å². The summed E-state index contributed by atoms with van der Waals surface area (Å²) in [5.41, 5.74) is 7.38. The first kappa shape index (κ1) is 18.1. The highest BCUT2D eigenvalue weighted by molar-refractivity contribution is 5.99. The van der Waals surface area contributed by atoms with E-state index in [0.717, 1.165) is 49.0 Å².